The summed E-state index contributed by atoms with van der Waals surface area (Å²) in [5.41, 5.74) is 1.76. The largest absolute Gasteiger partial charge is 0.493 e. The van der Waals surface area contributed by atoms with E-state index in [1.807, 2.05) is 17.7 Å². The zero-order valence-corrected chi connectivity index (χ0v) is 18.2. The fourth-order valence-corrected chi connectivity index (χ4v) is 4.25. The second kappa shape index (κ2) is 9.42. The first kappa shape index (κ1) is 22.0. The van der Waals surface area contributed by atoms with E-state index in [1.54, 1.807) is 12.1 Å². The Labute approximate surface area is 177 Å². The molecule has 2 aromatic heterocycles. The van der Waals surface area contributed by atoms with Gasteiger partial charge in [0.25, 0.3) is 5.91 Å². The Hall–Kier alpha value is -2.68. The first-order valence-electron chi connectivity index (χ1n) is 9.65. The van der Waals surface area contributed by atoms with Crippen LogP contribution in [0.4, 0.5) is 8.78 Å². The van der Waals surface area contributed by atoms with Gasteiger partial charge in [-0.05, 0) is 43.0 Å². The van der Waals surface area contributed by atoms with Crippen LogP contribution in [0.5, 0.6) is 11.5 Å². The predicted octanol–water partition coefficient (Wildman–Crippen LogP) is 4.64. The van der Waals surface area contributed by atoms with E-state index in [2.05, 4.69) is 29.0 Å². The third kappa shape index (κ3) is 5.08. The Bertz CT molecular complexity index is 1030. The van der Waals surface area contributed by atoms with Crippen LogP contribution in [0, 0.1) is 12.8 Å². The van der Waals surface area contributed by atoms with Crippen LogP contribution in [-0.4, -0.2) is 36.0 Å². The first-order chi connectivity index (χ1) is 14.3. The van der Waals surface area contributed by atoms with E-state index in [1.165, 1.54) is 24.5 Å². The molecule has 2 heterocycles. The molecule has 0 aliphatic heterocycles. The van der Waals surface area contributed by atoms with Gasteiger partial charge in [-0.1, -0.05) is 19.9 Å². The second-order valence-electron chi connectivity index (χ2n) is 7.36. The quantitative estimate of drug-likeness (QED) is 0.530. The summed E-state index contributed by atoms with van der Waals surface area (Å²) in [6.07, 6.45) is 0.530. The van der Waals surface area contributed by atoms with Crippen molar-refractivity contribution < 1.29 is 23.0 Å². The Morgan fingerprint density at radius 2 is 2.03 bits per heavy atom. The summed E-state index contributed by atoms with van der Waals surface area (Å²) in [6.45, 7) is 4.50. The number of nitrogens with zero attached hydrogens (tertiary/aromatic N) is 2. The van der Waals surface area contributed by atoms with Crippen LogP contribution < -0.4 is 14.8 Å². The fourth-order valence-electron chi connectivity index (χ4n) is 3.16. The molecule has 0 saturated heterocycles. The minimum atomic E-state index is -2.92. The van der Waals surface area contributed by atoms with Crippen LogP contribution in [0.2, 0.25) is 0 Å². The number of rotatable bonds is 9. The van der Waals surface area contributed by atoms with Crippen molar-refractivity contribution in [2.45, 2.75) is 40.3 Å². The minimum Gasteiger partial charge on any atom is -0.493 e. The molecule has 1 amide bonds. The summed E-state index contributed by atoms with van der Waals surface area (Å²) < 4.78 is 36.3. The molecule has 3 aromatic rings. The summed E-state index contributed by atoms with van der Waals surface area (Å²) in [7, 11) is 1.39. The summed E-state index contributed by atoms with van der Waals surface area (Å²) in [6, 6.07) is 6.63. The zero-order valence-electron chi connectivity index (χ0n) is 17.4. The monoisotopic (exact) mass is 437 g/mol. The predicted molar refractivity (Wildman–Crippen MR) is 113 cm³/mol. The number of hydrogen-bond donors (Lipinski definition) is 1. The number of carbonyl (C=O) groups is 1. The van der Waals surface area contributed by atoms with Gasteiger partial charge >= 0.3 is 6.61 Å². The Balaban J connectivity index is 1.63. The van der Waals surface area contributed by atoms with Gasteiger partial charge in [0.1, 0.15) is 4.83 Å². The highest BCUT2D eigenvalue weighted by molar-refractivity contribution is 7.20. The molecule has 0 unspecified atom stereocenters. The van der Waals surface area contributed by atoms with Crippen molar-refractivity contribution in [3.8, 4) is 11.5 Å². The molecular formula is C21H25F2N3O3S. The molecule has 1 N–H and O–H groups in total. The normalized spacial score (nSPS) is 11.5. The Kier molecular flexibility index (Phi) is 6.91. The van der Waals surface area contributed by atoms with Gasteiger partial charge < -0.3 is 14.8 Å². The lowest BCUT2D eigenvalue weighted by atomic mass is 10.1. The smallest absolute Gasteiger partial charge is 0.387 e. The highest BCUT2D eigenvalue weighted by atomic mass is 32.1. The average molecular weight is 438 g/mol. The number of amides is 1. The van der Waals surface area contributed by atoms with Gasteiger partial charge in [0, 0.05) is 18.5 Å². The van der Waals surface area contributed by atoms with Gasteiger partial charge in [0.15, 0.2) is 11.5 Å². The molecule has 9 heteroatoms. The Morgan fingerprint density at radius 1 is 1.27 bits per heavy atom. The van der Waals surface area contributed by atoms with Gasteiger partial charge in [-0.2, -0.15) is 13.9 Å². The van der Waals surface area contributed by atoms with Gasteiger partial charge in [0.2, 0.25) is 0 Å². The van der Waals surface area contributed by atoms with Crippen LogP contribution in [0.3, 0.4) is 0 Å². The number of aryl methyl sites for hydroxylation is 1. The van der Waals surface area contributed by atoms with Crippen molar-refractivity contribution in [1.82, 2.24) is 15.1 Å². The highest BCUT2D eigenvalue weighted by Crippen LogP contribution is 2.30. The molecule has 0 aliphatic rings. The summed E-state index contributed by atoms with van der Waals surface area (Å²) >= 11 is 1.44. The van der Waals surface area contributed by atoms with Gasteiger partial charge in [-0.3, -0.25) is 9.48 Å². The van der Waals surface area contributed by atoms with E-state index in [0.717, 1.165) is 28.0 Å². The van der Waals surface area contributed by atoms with E-state index >= 15 is 0 Å². The molecule has 0 spiro atoms. The number of carbonyl (C=O) groups excluding carboxylic acids is 1. The number of benzene rings is 1. The number of alkyl halides is 2. The molecule has 162 valence electrons. The van der Waals surface area contributed by atoms with Crippen molar-refractivity contribution in [3.05, 3.63) is 40.4 Å². The molecule has 30 heavy (non-hydrogen) atoms. The van der Waals surface area contributed by atoms with E-state index < -0.39 is 6.61 Å². The number of hydrogen-bond acceptors (Lipinski definition) is 5. The molecule has 3 rings (SSSR count). The summed E-state index contributed by atoms with van der Waals surface area (Å²) in [4.78, 5) is 14.2. The molecular weight excluding hydrogens is 412 g/mol. The van der Waals surface area contributed by atoms with Crippen LogP contribution in [-0.2, 0) is 13.0 Å². The average Bonchev–Trinajstić information content (AvgIpc) is 3.23. The number of nitrogens with one attached hydrogen (secondary N) is 1. The summed E-state index contributed by atoms with van der Waals surface area (Å²) in [5, 5.41) is 8.48. The molecule has 6 nitrogen and oxygen atoms in total. The van der Waals surface area contributed by atoms with Gasteiger partial charge in [-0.25, -0.2) is 0 Å². The third-order valence-corrected chi connectivity index (χ3v) is 5.66. The second-order valence-corrected chi connectivity index (χ2v) is 8.39. The van der Waals surface area contributed by atoms with E-state index in [4.69, 9.17) is 4.74 Å². The standard InChI is InChI=1S/C21H25F2N3O3S/c1-12(2)11-26-20-15(13(3)25-26)10-18(30-20)19(27)24-8-7-14-5-6-16(29-21(22)23)17(9-14)28-4/h5-6,9-10,12,21H,7-8,11H2,1-4H3,(H,24,27). The van der Waals surface area contributed by atoms with Crippen LogP contribution in [0.15, 0.2) is 24.3 Å². The number of thiophene rings is 1. The number of aromatic nitrogens is 2. The van der Waals surface area contributed by atoms with Crippen LogP contribution >= 0.6 is 11.3 Å². The molecule has 0 radical (unpaired) electrons. The van der Waals surface area contributed by atoms with Crippen LogP contribution in [0.25, 0.3) is 10.2 Å². The lowest BCUT2D eigenvalue weighted by molar-refractivity contribution is -0.0512. The molecule has 0 atom stereocenters. The van der Waals surface area contributed by atoms with Crippen molar-refractivity contribution in [3.63, 3.8) is 0 Å². The van der Waals surface area contributed by atoms with Gasteiger partial charge in [0.05, 0.1) is 17.7 Å². The van der Waals surface area contributed by atoms with Crippen molar-refractivity contribution in [2.24, 2.45) is 5.92 Å². The minimum absolute atomic E-state index is 0.0172. The van der Waals surface area contributed by atoms with E-state index in [9.17, 15) is 13.6 Å². The number of ether oxygens (including phenoxy) is 2. The first-order valence-corrected chi connectivity index (χ1v) is 10.5. The number of fused-ring (bicyclic) bond motifs is 1. The van der Waals surface area contributed by atoms with E-state index in [-0.39, 0.29) is 17.4 Å². The maximum Gasteiger partial charge on any atom is 0.387 e. The molecule has 0 aliphatic carbocycles. The maximum atomic E-state index is 12.6. The zero-order chi connectivity index (χ0) is 21.8. The molecule has 0 saturated carbocycles. The lowest BCUT2D eigenvalue weighted by Crippen LogP contribution is -2.24. The molecule has 0 bridgehead atoms. The third-order valence-electron chi connectivity index (χ3n) is 4.51. The molecule has 0 fully saturated rings. The van der Waals surface area contributed by atoms with Gasteiger partial charge in [-0.15, -0.1) is 11.3 Å². The number of halogens is 2. The van der Waals surface area contributed by atoms with E-state index in [0.29, 0.717) is 23.8 Å². The van der Waals surface area contributed by atoms with Crippen molar-refractivity contribution in [1.29, 1.82) is 0 Å². The maximum absolute atomic E-state index is 12.6. The summed E-state index contributed by atoms with van der Waals surface area (Å²) in [5.74, 6) is 0.530. The Morgan fingerprint density at radius 3 is 2.70 bits per heavy atom. The number of methoxy groups -OCH3 is 1. The SMILES string of the molecule is COc1cc(CCNC(=O)c2cc3c(C)nn(CC(C)C)c3s2)ccc1OC(F)F. The van der Waals surface area contributed by atoms with Crippen LogP contribution in [0.1, 0.15) is 34.8 Å². The van der Waals surface area contributed by atoms with Crippen molar-refractivity contribution >= 4 is 27.5 Å². The van der Waals surface area contributed by atoms with Crippen molar-refractivity contribution in [2.75, 3.05) is 13.7 Å². The fraction of sp³-hybridized carbons (Fsp3) is 0.429. The molecule has 1 aromatic carbocycles. The lowest BCUT2D eigenvalue weighted by Gasteiger charge is -2.11. The highest BCUT2D eigenvalue weighted by Gasteiger charge is 2.17. The topological polar surface area (TPSA) is 65.4 Å².